The van der Waals surface area contributed by atoms with Gasteiger partial charge in [-0.25, -0.2) is 9.97 Å². The molecule has 1 atom stereocenters. The summed E-state index contributed by atoms with van der Waals surface area (Å²) in [6.45, 7) is 2.74. The van der Waals surface area contributed by atoms with Crippen molar-refractivity contribution < 1.29 is 9.53 Å². The molecule has 3 aromatic rings. The van der Waals surface area contributed by atoms with Crippen LogP contribution >= 0.6 is 0 Å². The largest absolute Gasteiger partial charge is 0.381 e. The van der Waals surface area contributed by atoms with Crippen LogP contribution in [0.25, 0.3) is 11.3 Å². The van der Waals surface area contributed by atoms with Gasteiger partial charge in [0.15, 0.2) is 0 Å². The summed E-state index contributed by atoms with van der Waals surface area (Å²) in [5.74, 6) is 1.48. The molecular formula is C29H36N8O2. The average Bonchev–Trinajstić information content (AvgIpc) is 3.67. The van der Waals surface area contributed by atoms with E-state index in [1.54, 1.807) is 12.4 Å². The molecule has 1 saturated heterocycles. The fourth-order valence-electron chi connectivity index (χ4n) is 5.45. The van der Waals surface area contributed by atoms with E-state index in [9.17, 15) is 10.1 Å². The molecule has 204 valence electrons. The maximum Gasteiger partial charge on any atom is 0.238 e. The number of aromatic nitrogens is 4. The van der Waals surface area contributed by atoms with E-state index in [-0.39, 0.29) is 18.5 Å². The molecule has 1 saturated carbocycles. The third-order valence-electron chi connectivity index (χ3n) is 7.62. The van der Waals surface area contributed by atoms with Crippen LogP contribution in [-0.4, -0.2) is 52.0 Å². The number of hydrogen-bond donors (Lipinski definition) is 3. The predicted octanol–water partition coefficient (Wildman–Crippen LogP) is 4.68. The third-order valence-corrected chi connectivity index (χ3v) is 7.62. The van der Waals surface area contributed by atoms with Crippen molar-refractivity contribution in [3.63, 3.8) is 0 Å². The molecule has 2 fully saturated rings. The Balaban J connectivity index is 1.15. The van der Waals surface area contributed by atoms with E-state index in [4.69, 9.17) is 4.74 Å². The van der Waals surface area contributed by atoms with Crippen LogP contribution in [0.2, 0.25) is 0 Å². The number of nitrogens with zero attached hydrogens (tertiary/aromatic N) is 5. The number of ether oxygens (including phenoxy) is 1. The van der Waals surface area contributed by atoms with E-state index in [2.05, 4.69) is 37.1 Å². The first kappa shape index (κ1) is 26.8. The van der Waals surface area contributed by atoms with Crippen LogP contribution in [0.4, 0.5) is 17.3 Å². The molecule has 1 aliphatic heterocycles. The summed E-state index contributed by atoms with van der Waals surface area (Å²) in [5.41, 5.74) is 3.20. The van der Waals surface area contributed by atoms with Crippen LogP contribution in [0.3, 0.4) is 0 Å². The van der Waals surface area contributed by atoms with E-state index in [0.717, 1.165) is 68.1 Å². The lowest BCUT2D eigenvalue weighted by Gasteiger charge is -2.22. The number of rotatable bonds is 11. The standard InChI is InChI=1S/C29H36N8O2/c30-13-9-27(22-3-1-2-4-22)37-20-23(18-33-37)26-10-14-32-29(36-26)35-25-7-5-24(6-8-25)34-28(38)19-31-17-21-11-15-39-16-12-21/h5-8,10,14,18,20-22,27,31H,1-4,9,11-12,15-17,19H2,(H,34,38)(H,32,35,36). The van der Waals surface area contributed by atoms with Gasteiger partial charge in [-0.1, -0.05) is 12.8 Å². The maximum atomic E-state index is 12.3. The summed E-state index contributed by atoms with van der Waals surface area (Å²) in [5, 5.41) is 23.3. The fraction of sp³-hybridized carbons (Fsp3) is 0.483. The Labute approximate surface area is 229 Å². The molecule has 10 heteroatoms. The van der Waals surface area contributed by atoms with Crippen LogP contribution in [0.15, 0.2) is 48.9 Å². The van der Waals surface area contributed by atoms with E-state index in [1.165, 1.54) is 12.8 Å². The molecule has 39 heavy (non-hydrogen) atoms. The molecule has 1 aliphatic carbocycles. The van der Waals surface area contributed by atoms with Crippen LogP contribution < -0.4 is 16.0 Å². The van der Waals surface area contributed by atoms with Gasteiger partial charge >= 0.3 is 0 Å². The Morgan fingerprint density at radius 2 is 1.87 bits per heavy atom. The fourth-order valence-corrected chi connectivity index (χ4v) is 5.45. The SMILES string of the molecule is N#CCC(C1CCCC1)n1cc(-c2ccnc(Nc3ccc(NC(=O)CNCC4CCOCC4)cc3)n2)cn1. The van der Waals surface area contributed by atoms with Crippen LogP contribution in [-0.2, 0) is 9.53 Å². The summed E-state index contributed by atoms with van der Waals surface area (Å²) >= 11 is 0. The quantitative estimate of drug-likeness (QED) is 0.327. The summed E-state index contributed by atoms with van der Waals surface area (Å²) in [6.07, 6.45) is 12.8. The first-order valence-electron chi connectivity index (χ1n) is 13.9. The van der Waals surface area contributed by atoms with Gasteiger partial charge < -0.3 is 20.7 Å². The molecule has 1 amide bonds. The number of hydrogen-bond acceptors (Lipinski definition) is 8. The van der Waals surface area contributed by atoms with Crippen molar-refractivity contribution in [1.29, 1.82) is 5.26 Å². The van der Waals surface area contributed by atoms with Crippen LogP contribution in [0.5, 0.6) is 0 Å². The molecule has 2 aromatic heterocycles. The lowest BCUT2D eigenvalue weighted by atomic mass is 9.96. The molecule has 0 radical (unpaired) electrons. The van der Waals surface area contributed by atoms with Crippen molar-refractivity contribution in [2.45, 2.75) is 51.0 Å². The Morgan fingerprint density at radius 1 is 1.10 bits per heavy atom. The number of carbonyl (C=O) groups excluding carboxylic acids is 1. The molecule has 1 aromatic carbocycles. The van der Waals surface area contributed by atoms with Crippen LogP contribution in [0.1, 0.15) is 51.0 Å². The van der Waals surface area contributed by atoms with E-state index in [1.807, 2.05) is 41.2 Å². The van der Waals surface area contributed by atoms with Gasteiger partial charge in [-0.2, -0.15) is 10.4 Å². The predicted molar refractivity (Wildman–Crippen MR) is 149 cm³/mol. The summed E-state index contributed by atoms with van der Waals surface area (Å²) in [4.78, 5) is 21.3. The highest BCUT2D eigenvalue weighted by Gasteiger charge is 2.27. The second-order valence-corrected chi connectivity index (χ2v) is 10.4. The van der Waals surface area contributed by atoms with Gasteiger partial charge in [-0.15, -0.1) is 0 Å². The molecule has 5 rings (SSSR count). The second-order valence-electron chi connectivity index (χ2n) is 10.4. The zero-order valence-electron chi connectivity index (χ0n) is 22.2. The summed E-state index contributed by atoms with van der Waals surface area (Å²) in [6, 6.07) is 11.8. The molecule has 2 aliphatic rings. The van der Waals surface area contributed by atoms with Gasteiger partial charge in [-0.3, -0.25) is 9.48 Å². The number of nitriles is 1. The highest BCUT2D eigenvalue weighted by Crippen LogP contribution is 2.36. The Hall–Kier alpha value is -3.81. The summed E-state index contributed by atoms with van der Waals surface area (Å²) in [7, 11) is 0. The second kappa shape index (κ2) is 13.3. The normalized spacial score (nSPS) is 17.0. The number of carbonyl (C=O) groups is 1. The highest BCUT2D eigenvalue weighted by molar-refractivity contribution is 5.92. The van der Waals surface area contributed by atoms with Crippen molar-refractivity contribution in [2.24, 2.45) is 11.8 Å². The topological polar surface area (TPSA) is 130 Å². The van der Waals surface area contributed by atoms with Crippen molar-refractivity contribution >= 4 is 23.2 Å². The van der Waals surface area contributed by atoms with Gasteiger partial charge in [0.25, 0.3) is 0 Å². The van der Waals surface area contributed by atoms with Crippen LogP contribution in [0, 0.1) is 23.2 Å². The monoisotopic (exact) mass is 528 g/mol. The Morgan fingerprint density at radius 3 is 2.64 bits per heavy atom. The molecule has 3 heterocycles. The van der Waals surface area contributed by atoms with E-state index < -0.39 is 0 Å². The van der Waals surface area contributed by atoms with Crippen molar-refractivity contribution in [3.05, 3.63) is 48.9 Å². The minimum atomic E-state index is -0.0655. The van der Waals surface area contributed by atoms with E-state index >= 15 is 0 Å². The Bertz CT molecular complexity index is 1260. The van der Waals surface area contributed by atoms with Gasteiger partial charge in [-0.05, 0) is 74.4 Å². The smallest absolute Gasteiger partial charge is 0.238 e. The first-order chi connectivity index (χ1) is 19.2. The van der Waals surface area contributed by atoms with Gasteiger partial charge in [0.05, 0.1) is 37.0 Å². The molecule has 0 bridgehead atoms. The number of benzene rings is 1. The number of amides is 1. The maximum absolute atomic E-state index is 12.3. The molecule has 0 spiro atoms. The Kier molecular flexibility index (Phi) is 9.14. The first-order valence-corrected chi connectivity index (χ1v) is 13.9. The van der Waals surface area contributed by atoms with Crippen molar-refractivity contribution in [3.8, 4) is 17.3 Å². The third kappa shape index (κ3) is 7.40. The minimum absolute atomic E-state index is 0.0655. The van der Waals surface area contributed by atoms with Gasteiger partial charge in [0.1, 0.15) is 0 Å². The molecular weight excluding hydrogens is 492 g/mol. The number of anilines is 3. The van der Waals surface area contributed by atoms with E-state index in [0.29, 0.717) is 24.2 Å². The van der Waals surface area contributed by atoms with Gasteiger partial charge in [0.2, 0.25) is 11.9 Å². The lowest BCUT2D eigenvalue weighted by molar-refractivity contribution is -0.115. The zero-order valence-corrected chi connectivity index (χ0v) is 22.2. The lowest BCUT2D eigenvalue weighted by Crippen LogP contribution is -2.33. The zero-order chi connectivity index (χ0) is 26.9. The van der Waals surface area contributed by atoms with Crippen molar-refractivity contribution in [2.75, 3.05) is 36.9 Å². The highest BCUT2D eigenvalue weighted by atomic mass is 16.5. The molecule has 3 N–H and O–H groups in total. The van der Waals surface area contributed by atoms with Crippen molar-refractivity contribution in [1.82, 2.24) is 25.1 Å². The average molecular weight is 529 g/mol. The molecule has 1 unspecified atom stereocenters. The minimum Gasteiger partial charge on any atom is -0.381 e. The molecule has 10 nitrogen and oxygen atoms in total. The number of nitrogens with one attached hydrogen (secondary N) is 3. The van der Waals surface area contributed by atoms with Gasteiger partial charge in [0, 0.05) is 42.5 Å². The summed E-state index contributed by atoms with van der Waals surface area (Å²) < 4.78 is 7.32.